The number of benzene rings is 9. The van der Waals surface area contributed by atoms with E-state index in [1.54, 1.807) is 0 Å². The van der Waals surface area contributed by atoms with Crippen molar-refractivity contribution in [2.45, 2.75) is 5.41 Å². The predicted octanol–water partition coefficient (Wildman–Crippen LogP) is 7.76. The Morgan fingerprint density at radius 3 is 1.55 bits per heavy atom. The molecule has 0 atom stereocenters. The quantitative estimate of drug-likeness (QED) is 0.171. The van der Waals surface area contributed by atoms with Crippen LogP contribution in [-0.4, -0.2) is 49.2 Å². The number of aromatic nitrogens is 2. The van der Waals surface area contributed by atoms with E-state index in [0.29, 0.717) is 22.8 Å². The second-order valence-electron chi connectivity index (χ2n) is 16.3. The van der Waals surface area contributed by atoms with E-state index in [9.17, 15) is 0 Å². The summed E-state index contributed by atoms with van der Waals surface area (Å²) in [6.07, 6.45) is 0. The van der Waals surface area contributed by atoms with Gasteiger partial charge in [0.15, 0.2) is 5.82 Å². The Labute approximate surface area is 367 Å². The van der Waals surface area contributed by atoms with Crippen LogP contribution >= 0.6 is 0 Å². The first kappa shape index (κ1) is 36.7. The molecule has 0 N–H and O–H groups in total. The molecule has 0 amide bonds. The minimum absolute atomic E-state index is 0.147. The highest BCUT2D eigenvalue weighted by atomic mass is 14.9. The van der Waals surface area contributed by atoms with Crippen molar-refractivity contribution < 1.29 is 0 Å². The SMILES string of the molecule is [B]c1c([B])c([B])c(-c2cc(-c3cccc(-c4ccccc4)c3)nc(-c3cccc4c3-c3ccccc3C43c4c(ccc5ccccc45)-c4ccc5ccccc5c43)n2)c([B])c1[B]. The summed E-state index contributed by atoms with van der Waals surface area (Å²) in [5, 5.41) is 4.84. The van der Waals surface area contributed by atoms with Crippen LogP contribution in [0.15, 0.2) is 176 Å². The van der Waals surface area contributed by atoms with Crippen molar-refractivity contribution in [3.05, 3.63) is 198 Å². The zero-order chi connectivity index (χ0) is 41.9. The highest BCUT2D eigenvalue weighted by Crippen LogP contribution is 2.66. The van der Waals surface area contributed by atoms with E-state index in [1.165, 1.54) is 54.9 Å². The van der Waals surface area contributed by atoms with Crippen LogP contribution < -0.4 is 27.3 Å². The van der Waals surface area contributed by atoms with Gasteiger partial charge in [0.05, 0.1) is 16.8 Å². The lowest BCUT2D eigenvalue weighted by atomic mass is 9.60. The van der Waals surface area contributed by atoms with Gasteiger partial charge in [-0.15, -0.1) is 16.4 Å². The Hall–Kier alpha value is -7.10. The van der Waals surface area contributed by atoms with E-state index < -0.39 is 5.41 Å². The normalized spacial score (nSPS) is 13.0. The fourth-order valence-electron chi connectivity index (χ4n) is 10.4. The minimum Gasteiger partial charge on any atom is -0.228 e. The van der Waals surface area contributed by atoms with Crippen molar-refractivity contribution >= 4 is 88.1 Å². The lowest BCUT2D eigenvalue weighted by Gasteiger charge is -2.32. The van der Waals surface area contributed by atoms with Crippen LogP contribution in [0.5, 0.6) is 0 Å². The van der Waals surface area contributed by atoms with E-state index >= 15 is 0 Å². The van der Waals surface area contributed by atoms with Crippen LogP contribution in [0.25, 0.3) is 88.8 Å². The van der Waals surface area contributed by atoms with Gasteiger partial charge in [-0.1, -0.05) is 175 Å². The van der Waals surface area contributed by atoms with E-state index in [2.05, 4.69) is 146 Å². The monoisotopic (exact) mass is 772 g/mol. The molecule has 0 fully saturated rings. The molecule has 10 aromatic rings. The summed E-state index contributed by atoms with van der Waals surface area (Å²) in [4.78, 5) is 10.8. The molecule has 274 valence electrons. The van der Waals surface area contributed by atoms with Gasteiger partial charge in [-0.05, 0) is 94.9 Å². The predicted molar refractivity (Wildman–Crippen MR) is 262 cm³/mol. The zero-order valence-electron chi connectivity index (χ0n) is 33.5. The van der Waals surface area contributed by atoms with Gasteiger partial charge in [0.1, 0.15) is 39.2 Å². The third kappa shape index (κ3) is 5.06. The van der Waals surface area contributed by atoms with Gasteiger partial charge in [0.2, 0.25) is 0 Å². The molecule has 1 spiro atoms. The molecule has 2 aliphatic rings. The Kier molecular flexibility index (Phi) is 8.12. The van der Waals surface area contributed by atoms with Crippen molar-refractivity contribution in [3.8, 4) is 67.3 Å². The lowest BCUT2D eigenvalue weighted by Crippen LogP contribution is -2.55. The van der Waals surface area contributed by atoms with E-state index in [-0.39, 0.29) is 27.3 Å². The number of hydrogen-bond donors (Lipinski definition) is 0. The molecule has 0 aliphatic heterocycles. The minimum atomic E-state index is -0.659. The van der Waals surface area contributed by atoms with Crippen LogP contribution in [0.4, 0.5) is 0 Å². The van der Waals surface area contributed by atoms with Crippen molar-refractivity contribution in [1.82, 2.24) is 9.97 Å². The molecule has 7 heteroatoms. The first-order valence-corrected chi connectivity index (χ1v) is 20.7. The average molecular weight is 772 g/mol. The van der Waals surface area contributed by atoms with Crippen LogP contribution in [0.1, 0.15) is 22.3 Å². The molecule has 9 aromatic carbocycles. The molecule has 1 aromatic heterocycles. The highest BCUT2D eigenvalue weighted by molar-refractivity contribution is 6.68. The standard InChI is InChI=1S/C55H29B5N2/c56-49-46(50(57)52(59)53(60)51(49)58)44-29-43(34-17-10-16-33(28-34)30-12-2-1-3-13-30)61-54(62-44)40-21-11-23-42-45(40)39-20-8-9-22-41(39)55(42)47-35-18-6-4-14-31(35)24-26-37(47)38-27-25-32-15-5-7-19-36(32)48(38)55/h1-29H. The van der Waals surface area contributed by atoms with E-state index in [1.807, 2.05) is 30.3 Å². The summed E-state index contributed by atoms with van der Waals surface area (Å²) in [6, 6.07) is 62.6. The van der Waals surface area contributed by atoms with Crippen LogP contribution in [-0.2, 0) is 5.41 Å². The second kappa shape index (κ2) is 13.7. The zero-order valence-corrected chi connectivity index (χ0v) is 33.5. The molecular weight excluding hydrogens is 743 g/mol. The van der Waals surface area contributed by atoms with Crippen LogP contribution in [0.3, 0.4) is 0 Å². The highest BCUT2D eigenvalue weighted by Gasteiger charge is 2.53. The molecule has 1 heterocycles. The topological polar surface area (TPSA) is 25.8 Å². The van der Waals surface area contributed by atoms with Crippen LogP contribution in [0, 0.1) is 0 Å². The Morgan fingerprint density at radius 2 is 0.855 bits per heavy atom. The first-order chi connectivity index (χ1) is 30.3. The van der Waals surface area contributed by atoms with Crippen molar-refractivity contribution in [3.63, 3.8) is 0 Å². The van der Waals surface area contributed by atoms with Gasteiger partial charge in [-0.3, -0.25) is 0 Å². The Morgan fingerprint density at radius 1 is 0.339 bits per heavy atom. The maximum atomic E-state index is 6.78. The lowest BCUT2D eigenvalue weighted by molar-refractivity contribution is 0.809. The van der Waals surface area contributed by atoms with Gasteiger partial charge in [-0.25, -0.2) is 9.97 Å². The number of rotatable bonds is 4. The number of fused-ring (bicyclic) bond motifs is 14. The van der Waals surface area contributed by atoms with E-state index in [4.69, 9.17) is 49.2 Å². The molecule has 0 bridgehead atoms. The van der Waals surface area contributed by atoms with Gasteiger partial charge in [0, 0.05) is 11.1 Å². The summed E-state index contributed by atoms with van der Waals surface area (Å²) < 4.78 is 0. The molecule has 10 radical (unpaired) electrons. The largest absolute Gasteiger partial charge is 0.228 e. The third-order valence-corrected chi connectivity index (χ3v) is 13.2. The summed E-state index contributed by atoms with van der Waals surface area (Å²) >= 11 is 0. The molecule has 62 heavy (non-hydrogen) atoms. The van der Waals surface area contributed by atoms with Gasteiger partial charge >= 0.3 is 0 Å². The second-order valence-corrected chi connectivity index (χ2v) is 16.3. The van der Waals surface area contributed by atoms with Crippen molar-refractivity contribution in [1.29, 1.82) is 0 Å². The van der Waals surface area contributed by atoms with Gasteiger partial charge in [-0.2, -0.15) is 0 Å². The summed E-state index contributed by atoms with van der Waals surface area (Å²) in [6.45, 7) is 0. The Bertz CT molecular complexity index is 3430. The molecule has 0 saturated heterocycles. The molecule has 2 aliphatic carbocycles. The number of hydrogen-bond acceptors (Lipinski definition) is 2. The molecular formula is C55H29B5N2. The number of nitrogens with zero attached hydrogens (tertiary/aromatic N) is 2. The average Bonchev–Trinajstić information content (AvgIpc) is 3.81. The van der Waals surface area contributed by atoms with Gasteiger partial charge < -0.3 is 0 Å². The molecule has 12 rings (SSSR count). The van der Waals surface area contributed by atoms with Crippen molar-refractivity contribution in [2.24, 2.45) is 0 Å². The first-order valence-electron chi connectivity index (χ1n) is 20.7. The molecule has 0 unspecified atom stereocenters. The van der Waals surface area contributed by atoms with E-state index in [0.717, 1.165) is 33.4 Å². The maximum absolute atomic E-state index is 6.78. The fourth-order valence-corrected chi connectivity index (χ4v) is 10.4. The Balaban J connectivity index is 1.19. The summed E-state index contributed by atoms with van der Waals surface area (Å²) in [5.41, 5.74) is 15.4. The third-order valence-electron chi connectivity index (χ3n) is 13.2. The summed E-state index contributed by atoms with van der Waals surface area (Å²) in [7, 11) is 32.8. The molecule has 0 saturated carbocycles. The van der Waals surface area contributed by atoms with Crippen LogP contribution in [0.2, 0.25) is 0 Å². The van der Waals surface area contributed by atoms with Gasteiger partial charge in [0.25, 0.3) is 0 Å². The van der Waals surface area contributed by atoms with Crippen molar-refractivity contribution in [2.75, 3.05) is 0 Å². The smallest absolute Gasteiger partial charge is 0.161 e. The molecule has 2 nitrogen and oxygen atoms in total. The fraction of sp³-hybridized carbons (Fsp3) is 0.0182. The maximum Gasteiger partial charge on any atom is 0.161 e. The summed E-state index contributed by atoms with van der Waals surface area (Å²) in [5.74, 6) is 0.508.